The number of benzene rings is 1. The van der Waals surface area contributed by atoms with Gasteiger partial charge >= 0.3 is 12.1 Å². The minimum Gasteiger partial charge on any atom is -0.481 e. The van der Waals surface area contributed by atoms with Gasteiger partial charge in [0.25, 0.3) is 0 Å². The summed E-state index contributed by atoms with van der Waals surface area (Å²) in [7, 11) is 1.25. The number of carboxylic acid groups (broad SMARTS) is 1. The molecular weight excluding hydrogens is 300 g/mol. The SMILES string of the molecule is COC(=O)Nc1cccc(NC(=O)[C@@H]2CC=CC[C@H]2C(=O)O)c1. The maximum absolute atomic E-state index is 12.4. The molecular formula is C16H18N2O5. The number of hydrogen-bond donors (Lipinski definition) is 3. The first-order valence-electron chi connectivity index (χ1n) is 7.15. The number of nitrogens with one attached hydrogen (secondary N) is 2. The van der Waals surface area contributed by atoms with Gasteiger partial charge in [0, 0.05) is 11.4 Å². The third-order valence-electron chi connectivity index (χ3n) is 3.65. The van der Waals surface area contributed by atoms with Gasteiger partial charge in [0.2, 0.25) is 5.91 Å². The predicted octanol–water partition coefficient (Wildman–Crippen LogP) is 2.47. The van der Waals surface area contributed by atoms with Crippen molar-refractivity contribution in [1.29, 1.82) is 0 Å². The van der Waals surface area contributed by atoms with Crippen LogP contribution >= 0.6 is 0 Å². The lowest BCUT2D eigenvalue weighted by Crippen LogP contribution is -2.34. The van der Waals surface area contributed by atoms with E-state index in [-0.39, 0.29) is 5.91 Å². The van der Waals surface area contributed by atoms with Gasteiger partial charge in [0.1, 0.15) is 0 Å². The summed E-state index contributed by atoms with van der Waals surface area (Å²) in [4.78, 5) is 34.8. The summed E-state index contributed by atoms with van der Waals surface area (Å²) in [5.74, 6) is -2.67. The van der Waals surface area contributed by atoms with Crippen molar-refractivity contribution >= 4 is 29.3 Å². The van der Waals surface area contributed by atoms with Crippen molar-refractivity contribution in [2.24, 2.45) is 11.8 Å². The molecule has 1 aliphatic carbocycles. The lowest BCUT2D eigenvalue weighted by atomic mass is 9.82. The minimum absolute atomic E-state index is 0.345. The van der Waals surface area contributed by atoms with E-state index in [9.17, 15) is 19.5 Å². The molecule has 0 spiro atoms. The molecule has 0 radical (unpaired) electrons. The summed E-state index contributed by atoms with van der Waals surface area (Å²) < 4.78 is 4.50. The van der Waals surface area contributed by atoms with E-state index in [0.29, 0.717) is 24.2 Å². The van der Waals surface area contributed by atoms with Crippen molar-refractivity contribution in [3.05, 3.63) is 36.4 Å². The van der Waals surface area contributed by atoms with Gasteiger partial charge in [-0.05, 0) is 31.0 Å². The molecule has 1 aliphatic rings. The van der Waals surface area contributed by atoms with Crippen LogP contribution in [0.1, 0.15) is 12.8 Å². The lowest BCUT2D eigenvalue weighted by Gasteiger charge is -2.24. The summed E-state index contributed by atoms with van der Waals surface area (Å²) in [6, 6.07) is 6.55. The summed E-state index contributed by atoms with van der Waals surface area (Å²) in [6.45, 7) is 0. The molecule has 1 aromatic carbocycles. The Morgan fingerprint density at radius 3 is 2.30 bits per heavy atom. The van der Waals surface area contributed by atoms with E-state index in [1.807, 2.05) is 6.08 Å². The van der Waals surface area contributed by atoms with Crippen LogP contribution < -0.4 is 10.6 Å². The number of aliphatic carboxylic acids is 1. The fourth-order valence-corrected chi connectivity index (χ4v) is 2.46. The maximum Gasteiger partial charge on any atom is 0.411 e. The van der Waals surface area contributed by atoms with E-state index in [1.165, 1.54) is 7.11 Å². The van der Waals surface area contributed by atoms with Crippen LogP contribution in [0.3, 0.4) is 0 Å². The molecule has 0 fully saturated rings. The van der Waals surface area contributed by atoms with Crippen LogP contribution in [-0.4, -0.2) is 30.2 Å². The fourth-order valence-electron chi connectivity index (χ4n) is 2.46. The van der Waals surface area contributed by atoms with Gasteiger partial charge in [-0.2, -0.15) is 0 Å². The van der Waals surface area contributed by atoms with Crippen molar-refractivity contribution in [2.75, 3.05) is 17.7 Å². The van der Waals surface area contributed by atoms with Gasteiger partial charge in [0.15, 0.2) is 0 Å². The number of hydrogen-bond acceptors (Lipinski definition) is 4. The second-order valence-electron chi connectivity index (χ2n) is 5.18. The first-order chi connectivity index (χ1) is 11.0. The molecule has 0 aromatic heterocycles. The molecule has 0 heterocycles. The molecule has 2 atom stereocenters. The molecule has 122 valence electrons. The Balaban J connectivity index is 2.07. The van der Waals surface area contributed by atoms with E-state index in [0.717, 1.165) is 0 Å². The number of methoxy groups -OCH3 is 1. The molecule has 3 N–H and O–H groups in total. The Bertz CT molecular complexity index is 641. The average molecular weight is 318 g/mol. The largest absolute Gasteiger partial charge is 0.481 e. The number of ether oxygens (including phenoxy) is 1. The quantitative estimate of drug-likeness (QED) is 0.740. The Hall–Kier alpha value is -2.83. The third kappa shape index (κ3) is 4.32. The Morgan fingerprint density at radius 1 is 1.09 bits per heavy atom. The van der Waals surface area contributed by atoms with Gasteiger partial charge in [-0.1, -0.05) is 18.2 Å². The first kappa shape index (κ1) is 16.5. The Morgan fingerprint density at radius 2 is 1.70 bits per heavy atom. The predicted molar refractivity (Wildman–Crippen MR) is 84.1 cm³/mol. The van der Waals surface area contributed by atoms with Crippen molar-refractivity contribution in [3.63, 3.8) is 0 Å². The number of amides is 2. The van der Waals surface area contributed by atoms with Crippen molar-refractivity contribution < 1.29 is 24.2 Å². The Kier molecular flexibility index (Phi) is 5.35. The topological polar surface area (TPSA) is 105 Å². The third-order valence-corrected chi connectivity index (χ3v) is 3.65. The van der Waals surface area contributed by atoms with Gasteiger partial charge in [-0.15, -0.1) is 0 Å². The highest BCUT2D eigenvalue weighted by molar-refractivity contribution is 5.96. The van der Waals surface area contributed by atoms with Crippen molar-refractivity contribution in [1.82, 2.24) is 0 Å². The van der Waals surface area contributed by atoms with Crippen molar-refractivity contribution in [2.45, 2.75) is 12.8 Å². The molecule has 0 saturated carbocycles. The number of anilines is 2. The summed E-state index contributed by atoms with van der Waals surface area (Å²) in [5, 5.41) is 14.4. The molecule has 7 heteroatoms. The molecule has 23 heavy (non-hydrogen) atoms. The summed E-state index contributed by atoms with van der Waals surface area (Å²) in [6.07, 6.45) is 3.72. The van der Waals surface area contributed by atoms with E-state index < -0.39 is 23.9 Å². The van der Waals surface area contributed by atoms with E-state index in [1.54, 1.807) is 30.3 Å². The van der Waals surface area contributed by atoms with Crippen LogP contribution in [0.5, 0.6) is 0 Å². The molecule has 0 aliphatic heterocycles. The molecule has 0 bridgehead atoms. The number of rotatable bonds is 4. The zero-order valence-corrected chi connectivity index (χ0v) is 12.6. The van der Waals surface area contributed by atoms with Crippen LogP contribution in [0.4, 0.5) is 16.2 Å². The molecule has 0 saturated heterocycles. The monoisotopic (exact) mass is 318 g/mol. The number of carbonyl (C=O) groups excluding carboxylic acids is 2. The zero-order chi connectivity index (χ0) is 16.8. The second kappa shape index (κ2) is 7.44. The zero-order valence-electron chi connectivity index (χ0n) is 12.6. The molecule has 7 nitrogen and oxygen atoms in total. The smallest absolute Gasteiger partial charge is 0.411 e. The van der Waals surface area contributed by atoms with Crippen LogP contribution in [0.25, 0.3) is 0 Å². The van der Waals surface area contributed by atoms with Crippen molar-refractivity contribution in [3.8, 4) is 0 Å². The number of carbonyl (C=O) groups is 3. The maximum atomic E-state index is 12.4. The highest BCUT2D eigenvalue weighted by Crippen LogP contribution is 2.27. The lowest BCUT2D eigenvalue weighted by molar-refractivity contribution is -0.146. The van der Waals surface area contributed by atoms with E-state index in [2.05, 4.69) is 15.4 Å². The van der Waals surface area contributed by atoms with Gasteiger partial charge < -0.3 is 15.2 Å². The first-order valence-corrected chi connectivity index (χ1v) is 7.15. The standard InChI is InChI=1S/C16H18N2O5/c1-23-16(22)18-11-6-4-5-10(9-11)17-14(19)12-7-2-3-8-13(12)15(20)21/h2-6,9,12-13H,7-8H2,1H3,(H,17,19)(H,18,22)(H,20,21)/t12-,13-/m1/s1. The molecule has 0 unspecified atom stereocenters. The fraction of sp³-hybridized carbons (Fsp3) is 0.312. The van der Waals surface area contributed by atoms with Crippen LogP contribution in [0, 0.1) is 11.8 Å². The highest BCUT2D eigenvalue weighted by Gasteiger charge is 2.33. The average Bonchev–Trinajstić information content (AvgIpc) is 2.55. The van der Waals surface area contributed by atoms with Gasteiger partial charge in [0.05, 0.1) is 18.9 Å². The highest BCUT2D eigenvalue weighted by atomic mass is 16.5. The normalized spacial score (nSPS) is 19.7. The van der Waals surface area contributed by atoms with Crippen LogP contribution in [0.15, 0.2) is 36.4 Å². The molecule has 2 amide bonds. The van der Waals surface area contributed by atoms with Crippen LogP contribution in [0.2, 0.25) is 0 Å². The molecule has 1 aromatic rings. The van der Waals surface area contributed by atoms with E-state index >= 15 is 0 Å². The minimum atomic E-state index is -0.976. The summed E-state index contributed by atoms with van der Waals surface area (Å²) in [5.41, 5.74) is 0.940. The van der Waals surface area contributed by atoms with E-state index in [4.69, 9.17) is 0 Å². The van der Waals surface area contributed by atoms with Gasteiger partial charge in [-0.25, -0.2) is 4.79 Å². The number of allylic oxidation sites excluding steroid dienone is 2. The van der Waals surface area contributed by atoms with Crippen LogP contribution in [-0.2, 0) is 14.3 Å². The van der Waals surface area contributed by atoms with Gasteiger partial charge in [-0.3, -0.25) is 14.9 Å². The number of carboxylic acids is 1. The second-order valence-corrected chi connectivity index (χ2v) is 5.18. The summed E-state index contributed by atoms with van der Waals surface area (Å²) >= 11 is 0. The Labute approximate surface area is 133 Å². The molecule has 2 rings (SSSR count).